The first-order valence-corrected chi connectivity index (χ1v) is 9.80. The van der Waals surface area contributed by atoms with Crippen LogP contribution in [0.1, 0.15) is 51.3 Å². The van der Waals surface area contributed by atoms with Gasteiger partial charge in [-0.25, -0.2) is 4.98 Å². The molecular weight excluding hydrogens is 374 g/mol. The van der Waals surface area contributed by atoms with Gasteiger partial charge < -0.3 is 9.84 Å². The van der Waals surface area contributed by atoms with Gasteiger partial charge in [0.15, 0.2) is 5.78 Å². The molecule has 148 valence electrons. The fourth-order valence-corrected chi connectivity index (χ4v) is 4.01. The molecule has 0 unspecified atom stereocenters. The number of ketones is 1. The van der Waals surface area contributed by atoms with Gasteiger partial charge in [-0.15, -0.1) is 0 Å². The Labute approximate surface area is 171 Å². The van der Waals surface area contributed by atoms with Crippen molar-refractivity contribution in [2.24, 2.45) is 0 Å². The van der Waals surface area contributed by atoms with E-state index in [0.29, 0.717) is 10.7 Å². The number of ether oxygens (including phenoxy) is 1. The number of benzene rings is 1. The van der Waals surface area contributed by atoms with Gasteiger partial charge >= 0.3 is 0 Å². The number of hydrogen-bond donors (Lipinski definition) is 1. The van der Waals surface area contributed by atoms with E-state index in [2.05, 4.69) is 4.98 Å². The molecule has 0 saturated heterocycles. The third-order valence-corrected chi connectivity index (χ3v) is 5.45. The molecule has 0 atom stereocenters. The number of pyridine rings is 1. The lowest BCUT2D eigenvalue weighted by Crippen LogP contribution is -2.49. The minimum Gasteiger partial charge on any atom is -0.508 e. The van der Waals surface area contributed by atoms with E-state index in [1.54, 1.807) is 33.9 Å². The van der Waals surface area contributed by atoms with Gasteiger partial charge in [-0.2, -0.15) is 0 Å². The zero-order chi connectivity index (χ0) is 20.9. The highest BCUT2D eigenvalue weighted by atomic mass is 35.5. The number of hydrogen-bond acceptors (Lipinski definition) is 4. The number of aliphatic hydroxyl groups excluding tert-OH is 1. The molecule has 28 heavy (non-hydrogen) atoms. The van der Waals surface area contributed by atoms with Crippen LogP contribution in [0.5, 0.6) is 0 Å². The highest BCUT2D eigenvalue weighted by Crippen LogP contribution is 2.41. The summed E-state index contributed by atoms with van der Waals surface area (Å²) in [4.78, 5) is 17.4. The molecule has 1 aromatic heterocycles. The van der Waals surface area contributed by atoms with Crippen LogP contribution >= 0.6 is 11.6 Å². The van der Waals surface area contributed by atoms with Crippen molar-refractivity contribution in [3.8, 4) is 11.1 Å². The number of nitrogens with zero attached hydrogens (tertiary/aromatic N) is 1. The van der Waals surface area contributed by atoms with Crippen molar-refractivity contribution in [3.05, 3.63) is 58.1 Å². The molecule has 0 amide bonds. The van der Waals surface area contributed by atoms with Crippen LogP contribution in [-0.2, 0) is 16.0 Å². The van der Waals surface area contributed by atoms with Crippen molar-refractivity contribution in [1.29, 1.82) is 0 Å². The van der Waals surface area contributed by atoms with E-state index in [1.807, 2.05) is 38.1 Å². The molecule has 2 heterocycles. The minimum absolute atomic E-state index is 0.0328. The summed E-state index contributed by atoms with van der Waals surface area (Å²) in [7, 11) is 0. The molecule has 4 nitrogen and oxygen atoms in total. The molecule has 5 heteroatoms. The number of Topliss-reactive ketones (excluding diaryl/α,β-unsaturated/α-hetero) is 1. The van der Waals surface area contributed by atoms with Crippen LogP contribution in [0, 0.1) is 6.92 Å². The van der Waals surface area contributed by atoms with E-state index < -0.39 is 11.2 Å². The standard InChI is InChI=1S/C23H26ClNO3/c1-7-14-8-9-15(17-12-25-18(24)10-13(17)2)11-16(14)19-20(26)22(3,4)28-23(5,6)21(19)27/h8-12,26H,7H2,1-6H3. The van der Waals surface area contributed by atoms with Crippen LogP contribution in [0.3, 0.4) is 0 Å². The van der Waals surface area contributed by atoms with Crippen molar-refractivity contribution in [2.75, 3.05) is 0 Å². The Kier molecular flexibility index (Phi) is 5.15. The van der Waals surface area contributed by atoms with Crippen LogP contribution in [0.2, 0.25) is 5.15 Å². The van der Waals surface area contributed by atoms with E-state index in [0.717, 1.165) is 34.2 Å². The molecule has 0 spiro atoms. The number of aryl methyl sites for hydroxylation is 2. The molecule has 0 fully saturated rings. The Morgan fingerprint density at radius 2 is 1.79 bits per heavy atom. The van der Waals surface area contributed by atoms with Crippen LogP contribution in [0.15, 0.2) is 36.2 Å². The maximum atomic E-state index is 13.2. The van der Waals surface area contributed by atoms with Gasteiger partial charge in [0.1, 0.15) is 22.1 Å². The van der Waals surface area contributed by atoms with Gasteiger partial charge in [-0.3, -0.25) is 4.79 Å². The lowest BCUT2D eigenvalue weighted by Gasteiger charge is -2.40. The minimum atomic E-state index is -1.02. The monoisotopic (exact) mass is 399 g/mol. The van der Waals surface area contributed by atoms with Gasteiger partial charge in [0.2, 0.25) is 0 Å². The van der Waals surface area contributed by atoms with Crippen molar-refractivity contribution in [1.82, 2.24) is 4.98 Å². The summed E-state index contributed by atoms with van der Waals surface area (Å²) < 4.78 is 5.88. The summed E-state index contributed by atoms with van der Waals surface area (Å²) in [5.74, 6) is -0.253. The molecule has 1 N–H and O–H groups in total. The molecule has 1 aliphatic heterocycles. The molecular formula is C23H26ClNO3. The zero-order valence-corrected chi connectivity index (χ0v) is 17.9. The lowest BCUT2D eigenvalue weighted by atomic mass is 9.80. The highest BCUT2D eigenvalue weighted by molar-refractivity contribution is 6.29. The number of carbonyl (C=O) groups is 1. The molecule has 0 bridgehead atoms. The van der Waals surface area contributed by atoms with Gasteiger partial charge in [0, 0.05) is 11.8 Å². The van der Waals surface area contributed by atoms with Crippen molar-refractivity contribution < 1.29 is 14.6 Å². The van der Waals surface area contributed by atoms with Gasteiger partial charge in [-0.05, 0) is 75.4 Å². The van der Waals surface area contributed by atoms with Crippen LogP contribution < -0.4 is 0 Å². The fourth-order valence-electron chi connectivity index (χ4n) is 3.80. The second-order valence-electron chi connectivity index (χ2n) is 8.22. The number of aliphatic hydroxyl groups is 1. The average molecular weight is 400 g/mol. The topological polar surface area (TPSA) is 59.4 Å². The molecule has 1 aliphatic rings. The molecule has 2 aromatic rings. The molecule has 3 rings (SSSR count). The summed E-state index contributed by atoms with van der Waals surface area (Å²) >= 11 is 6.00. The first-order chi connectivity index (χ1) is 13.0. The first kappa shape index (κ1) is 20.6. The molecule has 0 radical (unpaired) electrons. The first-order valence-electron chi connectivity index (χ1n) is 9.42. The second-order valence-corrected chi connectivity index (χ2v) is 8.61. The Morgan fingerprint density at radius 3 is 2.39 bits per heavy atom. The predicted molar refractivity (Wildman–Crippen MR) is 113 cm³/mol. The Bertz CT molecular complexity index is 989. The van der Waals surface area contributed by atoms with Crippen molar-refractivity contribution >= 4 is 23.0 Å². The summed E-state index contributed by atoms with van der Waals surface area (Å²) in [6.07, 6.45) is 2.47. The lowest BCUT2D eigenvalue weighted by molar-refractivity contribution is -0.158. The zero-order valence-electron chi connectivity index (χ0n) is 17.2. The summed E-state index contributed by atoms with van der Waals surface area (Å²) in [5, 5.41) is 11.4. The largest absolute Gasteiger partial charge is 0.508 e. The van der Waals surface area contributed by atoms with Crippen molar-refractivity contribution in [2.45, 2.75) is 59.2 Å². The van der Waals surface area contributed by atoms with E-state index in [-0.39, 0.29) is 11.5 Å². The SMILES string of the molecule is CCc1ccc(-c2cnc(Cl)cc2C)cc1C1=C(O)C(C)(C)OC(C)(C)C1=O. The van der Waals surface area contributed by atoms with Crippen LogP contribution in [0.25, 0.3) is 16.7 Å². The van der Waals surface area contributed by atoms with Crippen LogP contribution in [0.4, 0.5) is 0 Å². The van der Waals surface area contributed by atoms with E-state index in [4.69, 9.17) is 16.3 Å². The summed E-state index contributed by atoms with van der Waals surface area (Å²) in [5.41, 5.74) is 2.94. The van der Waals surface area contributed by atoms with E-state index in [9.17, 15) is 9.90 Å². The Balaban J connectivity index is 2.27. The number of carbonyl (C=O) groups excluding carboxylic acids is 1. The fraction of sp³-hybridized carbons (Fsp3) is 0.391. The van der Waals surface area contributed by atoms with Crippen molar-refractivity contribution in [3.63, 3.8) is 0 Å². The average Bonchev–Trinajstić information content (AvgIpc) is 2.60. The second kappa shape index (κ2) is 7.02. The van der Waals surface area contributed by atoms with Gasteiger partial charge in [0.25, 0.3) is 0 Å². The third kappa shape index (κ3) is 3.47. The highest BCUT2D eigenvalue weighted by Gasteiger charge is 2.47. The Morgan fingerprint density at radius 1 is 1.11 bits per heavy atom. The number of rotatable bonds is 3. The third-order valence-electron chi connectivity index (χ3n) is 5.24. The molecule has 1 aromatic carbocycles. The predicted octanol–water partition coefficient (Wildman–Crippen LogP) is 5.70. The van der Waals surface area contributed by atoms with E-state index in [1.165, 1.54) is 0 Å². The number of aromatic nitrogens is 1. The summed E-state index contributed by atoms with van der Waals surface area (Å²) in [6.45, 7) is 11.0. The summed E-state index contributed by atoms with van der Waals surface area (Å²) in [6, 6.07) is 7.78. The maximum absolute atomic E-state index is 13.2. The smallest absolute Gasteiger partial charge is 0.198 e. The van der Waals surface area contributed by atoms with Gasteiger partial charge in [-0.1, -0.05) is 30.7 Å². The quantitative estimate of drug-likeness (QED) is 0.672. The van der Waals surface area contributed by atoms with Crippen LogP contribution in [-0.4, -0.2) is 27.1 Å². The van der Waals surface area contributed by atoms with E-state index >= 15 is 0 Å². The molecule has 0 saturated carbocycles. The number of halogens is 1. The Hall–Kier alpha value is -2.17. The normalized spacial score (nSPS) is 18.5. The molecule has 0 aliphatic carbocycles. The maximum Gasteiger partial charge on any atom is 0.198 e. The van der Waals surface area contributed by atoms with Gasteiger partial charge in [0.05, 0.1) is 5.57 Å².